The number of carbonyl (C=O) groups is 1. The van der Waals surface area contributed by atoms with Crippen molar-refractivity contribution in [3.63, 3.8) is 0 Å². The molecule has 0 fully saturated rings. The minimum atomic E-state index is -0.282. The molecule has 7 nitrogen and oxygen atoms in total. The maximum absolute atomic E-state index is 12.9. The Kier molecular flexibility index (Phi) is 8.07. The number of hydrogen-bond acceptors (Lipinski definition) is 5. The number of aliphatic hydroxyl groups excluding tert-OH is 1. The van der Waals surface area contributed by atoms with Gasteiger partial charge < -0.3 is 19.7 Å². The summed E-state index contributed by atoms with van der Waals surface area (Å²) in [5, 5.41) is 22.1. The predicted octanol–water partition coefficient (Wildman–Crippen LogP) is 4.83. The van der Waals surface area contributed by atoms with Crippen molar-refractivity contribution in [2.75, 3.05) is 6.61 Å². The largest absolute Gasteiger partial charge is 0.490 e. The fraction of sp³-hybridized carbons (Fsp3) is 0.414. The molecule has 1 unspecified atom stereocenters. The Morgan fingerprint density at radius 2 is 2.06 bits per heavy atom. The van der Waals surface area contributed by atoms with Crippen LogP contribution in [0.1, 0.15) is 73.3 Å². The lowest BCUT2D eigenvalue weighted by atomic mass is 10.0. The molecule has 1 aromatic heterocycles. The second-order valence-corrected chi connectivity index (χ2v) is 9.79. The van der Waals surface area contributed by atoms with Gasteiger partial charge in [-0.3, -0.25) is 4.79 Å². The van der Waals surface area contributed by atoms with Gasteiger partial charge in [0.05, 0.1) is 17.4 Å². The number of amides is 1. The topological polar surface area (TPSA) is 100 Å². The van der Waals surface area contributed by atoms with Crippen LogP contribution in [-0.4, -0.2) is 39.3 Å². The Labute approximate surface area is 212 Å². The molecule has 1 amide bonds. The van der Waals surface area contributed by atoms with Gasteiger partial charge in [0.15, 0.2) is 0 Å². The summed E-state index contributed by atoms with van der Waals surface area (Å²) < 4.78 is 7.91. The zero-order valence-corrected chi connectivity index (χ0v) is 21.2. The van der Waals surface area contributed by atoms with E-state index in [1.165, 1.54) is 12.8 Å². The smallest absolute Gasteiger partial charge is 0.251 e. The predicted molar refractivity (Wildman–Crippen MR) is 139 cm³/mol. The van der Waals surface area contributed by atoms with Crippen molar-refractivity contribution in [2.45, 2.75) is 71.1 Å². The quantitative estimate of drug-likeness (QED) is 0.451. The molecule has 0 radical (unpaired) electrons. The molecule has 7 heteroatoms. The summed E-state index contributed by atoms with van der Waals surface area (Å²) >= 11 is 0. The van der Waals surface area contributed by atoms with E-state index in [2.05, 4.69) is 53.3 Å². The van der Waals surface area contributed by atoms with Gasteiger partial charge in [-0.1, -0.05) is 31.2 Å². The standard InChI is InChI=1S/C29H34N4O3/c1-19(2)36-27-11-10-23(16-24(27)17-30)29(35)31-25(12-14-34)15-21-6-8-22(9-7-21)26-18-33-13-4-5-20(3)28(33)32-26/h6-11,16,18-20,25,34H,4-5,12-15H2,1-3H3,(H,31,35)/t20?,25-/m1/s1. The maximum atomic E-state index is 12.9. The van der Waals surface area contributed by atoms with Gasteiger partial charge in [0.1, 0.15) is 17.6 Å². The summed E-state index contributed by atoms with van der Waals surface area (Å²) in [6.45, 7) is 6.99. The highest BCUT2D eigenvalue weighted by Crippen LogP contribution is 2.29. The van der Waals surface area contributed by atoms with Crippen LogP contribution in [-0.2, 0) is 13.0 Å². The molecule has 0 aliphatic carbocycles. The Hall–Kier alpha value is -3.63. The summed E-state index contributed by atoms with van der Waals surface area (Å²) in [4.78, 5) is 17.8. The van der Waals surface area contributed by atoms with Crippen LogP contribution in [0.2, 0.25) is 0 Å². The Morgan fingerprint density at radius 3 is 2.72 bits per heavy atom. The van der Waals surface area contributed by atoms with E-state index in [0.717, 1.165) is 29.2 Å². The number of fused-ring (bicyclic) bond motifs is 1. The van der Waals surface area contributed by atoms with Crippen LogP contribution >= 0.6 is 0 Å². The van der Waals surface area contributed by atoms with Crippen molar-refractivity contribution in [3.8, 4) is 23.1 Å². The summed E-state index contributed by atoms with van der Waals surface area (Å²) in [6, 6.07) is 15.0. The average molecular weight is 487 g/mol. The fourth-order valence-electron chi connectivity index (χ4n) is 4.70. The number of benzene rings is 2. The van der Waals surface area contributed by atoms with Crippen molar-refractivity contribution in [1.82, 2.24) is 14.9 Å². The van der Waals surface area contributed by atoms with E-state index >= 15 is 0 Å². The van der Waals surface area contributed by atoms with Gasteiger partial charge in [0, 0.05) is 42.4 Å². The van der Waals surface area contributed by atoms with Crippen molar-refractivity contribution in [2.24, 2.45) is 0 Å². The molecule has 2 heterocycles. The monoisotopic (exact) mass is 486 g/mol. The van der Waals surface area contributed by atoms with Gasteiger partial charge in [-0.05, 0) is 63.3 Å². The van der Waals surface area contributed by atoms with Crippen molar-refractivity contribution in [3.05, 3.63) is 71.2 Å². The van der Waals surface area contributed by atoms with Crippen molar-refractivity contribution in [1.29, 1.82) is 5.26 Å². The first-order valence-corrected chi connectivity index (χ1v) is 12.7. The summed E-state index contributed by atoms with van der Waals surface area (Å²) in [5.74, 6) is 1.83. The molecular formula is C29H34N4O3. The van der Waals surface area contributed by atoms with E-state index in [9.17, 15) is 15.2 Å². The third-order valence-corrected chi connectivity index (χ3v) is 6.55. The zero-order chi connectivity index (χ0) is 25.7. The number of nitrogens with zero attached hydrogens (tertiary/aromatic N) is 3. The average Bonchev–Trinajstić information content (AvgIpc) is 3.30. The summed E-state index contributed by atoms with van der Waals surface area (Å²) in [6.07, 6.45) is 5.46. The number of hydrogen-bond donors (Lipinski definition) is 2. The van der Waals surface area contributed by atoms with Crippen molar-refractivity contribution < 1.29 is 14.6 Å². The number of aryl methyl sites for hydroxylation is 1. The minimum Gasteiger partial charge on any atom is -0.490 e. The van der Waals surface area contributed by atoms with Gasteiger partial charge in [0.2, 0.25) is 0 Å². The van der Waals surface area contributed by atoms with Gasteiger partial charge in [-0.15, -0.1) is 0 Å². The van der Waals surface area contributed by atoms with Crippen LogP contribution in [0.3, 0.4) is 0 Å². The highest BCUT2D eigenvalue weighted by Gasteiger charge is 2.20. The lowest BCUT2D eigenvalue weighted by molar-refractivity contribution is 0.0930. The van der Waals surface area contributed by atoms with Crippen LogP contribution in [0, 0.1) is 11.3 Å². The van der Waals surface area contributed by atoms with E-state index < -0.39 is 0 Å². The molecular weight excluding hydrogens is 452 g/mol. The molecule has 1 aliphatic heterocycles. The third kappa shape index (κ3) is 5.95. The molecule has 36 heavy (non-hydrogen) atoms. The number of ether oxygens (including phenoxy) is 1. The number of nitriles is 1. The van der Waals surface area contributed by atoms with Gasteiger partial charge in [-0.25, -0.2) is 4.98 Å². The first-order valence-electron chi connectivity index (χ1n) is 12.7. The highest BCUT2D eigenvalue weighted by molar-refractivity contribution is 5.95. The molecule has 0 saturated carbocycles. The Bertz CT molecular complexity index is 1240. The number of aliphatic hydroxyl groups is 1. The fourth-order valence-corrected chi connectivity index (χ4v) is 4.70. The third-order valence-electron chi connectivity index (χ3n) is 6.55. The molecule has 0 spiro atoms. The van der Waals surface area contributed by atoms with E-state index in [4.69, 9.17) is 9.72 Å². The minimum absolute atomic E-state index is 0.0357. The molecule has 2 aromatic carbocycles. The van der Waals surface area contributed by atoms with E-state index in [1.807, 2.05) is 13.8 Å². The Morgan fingerprint density at radius 1 is 1.28 bits per heavy atom. The molecule has 0 bridgehead atoms. The van der Waals surface area contributed by atoms with Crippen LogP contribution in [0.25, 0.3) is 11.3 Å². The van der Waals surface area contributed by atoms with Crippen molar-refractivity contribution >= 4 is 5.91 Å². The molecule has 188 valence electrons. The first-order chi connectivity index (χ1) is 17.4. The molecule has 0 saturated heterocycles. The number of aromatic nitrogens is 2. The van der Waals surface area contributed by atoms with Crippen LogP contribution in [0.5, 0.6) is 5.75 Å². The molecule has 1 aliphatic rings. The highest BCUT2D eigenvalue weighted by atomic mass is 16.5. The first kappa shape index (κ1) is 25.5. The van der Waals surface area contributed by atoms with Crippen LogP contribution in [0.15, 0.2) is 48.7 Å². The summed E-state index contributed by atoms with van der Waals surface area (Å²) in [7, 11) is 0. The van der Waals surface area contributed by atoms with E-state index in [-0.39, 0.29) is 24.7 Å². The SMILES string of the molecule is CC(C)Oc1ccc(C(=O)N[C@H](CCO)Cc2ccc(-c3cn4c(n3)C(C)CCC4)cc2)cc1C#N. The number of imidazole rings is 1. The molecule has 4 rings (SSSR count). The summed E-state index contributed by atoms with van der Waals surface area (Å²) in [5.41, 5.74) is 3.83. The normalized spacial score (nSPS) is 15.7. The van der Waals surface area contributed by atoms with E-state index in [1.54, 1.807) is 18.2 Å². The van der Waals surface area contributed by atoms with Crippen LogP contribution in [0.4, 0.5) is 0 Å². The molecule has 2 N–H and O–H groups in total. The Balaban J connectivity index is 1.44. The molecule has 3 aromatic rings. The second-order valence-electron chi connectivity index (χ2n) is 9.79. The number of carbonyl (C=O) groups excluding carboxylic acids is 1. The van der Waals surface area contributed by atoms with Gasteiger partial charge in [-0.2, -0.15) is 5.26 Å². The van der Waals surface area contributed by atoms with E-state index in [0.29, 0.717) is 35.6 Å². The number of rotatable bonds is 9. The lowest BCUT2D eigenvalue weighted by Gasteiger charge is -2.19. The zero-order valence-electron chi connectivity index (χ0n) is 21.2. The van der Waals surface area contributed by atoms with Gasteiger partial charge >= 0.3 is 0 Å². The number of nitrogens with one attached hydrogen (secondary N) is 1. The van der Waals surface area contributed by atoms with Crippen LogP contribution < -0.4 is 10.1 Å². The second kappa shape index (κ2) is 11.4. The lowest BCUT2D eigenvalue weighted by Crippen LogP contribution is -2.37. The molecule has 2 atom stereocenters. The van der Waals surface area contributed by atoms with Gasteiger partial charge in [0.25, 0.3) is 5.91 Å². The maximum Gasteiger partial charge on any atom is 0.251 e.